The third-order valence-electron chi connectivity index (χ3n) is 4.51. The molecular weight excluding hydrogens is 310 g/mol. The molecule has 1 unspecified atom stereocenters. The highest BCUT2D eigenvalue weighted by Crippen LogP contribution is 2.31. The minimum Gasteiger partial charge on any atom is -0.395 e. The van der Waals surface area contributed by atoms with Gasteiger partial charge in [-0.2, -0.15) is 0 Å². The summed E-state index contributed by atoms with van der Waals surface area (Å²) in [6, 6.07) is 5.64. The molecule has 0 bridgehead atoms. The van der Waals surface area contributed by atoms with Crippen LogP contribution in [0.1, 0.15) is 56.3 Å². The Balaban J connectivity index is 2.32. The molecule has 0 aliphatic heterocycles. The number of aliphatic hydroxyl groups is 1. The molecule has 3 nitrogen and oxygen atoms in total. The normalized spacial score (nSPS) is 12.7. The van der Waals surface area contributed by atoms with Crippen LogP contribution < -0.4 is 0 Å². The average Bonchev–Trinajstić information content (AvgIpc) is 2.92. The Morgan fingerprint density at radius 2 is 2.13 bits per heavy atom. The molecule has 1 atom stereocenters. The maximum Gasteiger partial charge on any atom is 0.165 e. The van der Waals surface area contributed by atoms with E-state index in [4.69, 9.17) is 11.6 Å². The molecule has 1 aromatic carbocycles. The van der Waals surface area contributed by atoms with Crippen LogP contribution in [0.25, 0.3) is 10.9 Å². The Kier molecular flexibility index (Phi) is 6.67. The van der Waals surface area contributed by atoms with Crippen LogP contribution in [0.5, 0.6) is 0 Å². The number of hydrogen-bond donors (Lipinski definition) is 1. The monoisotopic (exact) mass is 335 g/mol. The number of carbonyl (C=O) groups excluding carboxylic acids is 1. The summed E-state index contributed by atoms with van der Waals surface area (Å²) in [5.41, 5.74) is 1.60. The van der Waals surface area contributed by atoms with Crippen LogP contribution in [0.3, 0.4) is 0 Å². The van der Waals surface area contributed by atoms with Crippen molar-refractivity contribution in [3.8, 4) is 0 Å². The highest BCUT2D eigenvalue weighted by molar-refractivity contribution is 6.37. The lowest BCUT2D eigenvalue weighted by atomic mass is 9.91. The van der Waals surface area contributed by atoms with Gasteiger partial charge in [-0.3, -0.25) is 4.79 Å². The number of rotatable bonds is 9. The Morgan fingerprint density at radius 1 is 1.35 bits per heavy atom. The van der Waals surface area contributed by atoms with Gasteiger partial charge in [0.2, 0.25) is 0 Å². The minimum atomic E-state index is 0.0397. The Bertz CT molecular complexity index is 663. The van der Waals surface area contributed by atoms with E-state index in [9.17, 15) is 9.90 Å². The number of halogens is 1. The first-order valence-electron chi connectivity index (χ1n) is 8.53. The lowest BCUT2D eigenvalue weighted by Crippen LogP contribution is -2.08. The number of aliphatic hydroxyl groups excluding tert-OH is 1. The summed E-state index contributed by atoms with van der Waals surface area (Å²) in [6.07, 6.45) is 6.86. The molecule has 0 aliphatic rings. The van der Waals surface area contributed by atoms with Crippen molar-refractivity contribution in [1.29, 1.82) is 0 Å². The van der Waals surface area contributed by atoms with E-state index < -0.39 is 0 Å². The van der Waals surface area contributed by atoms with Crippen LogP contribution in [-0.4, -0.2) is 22.1 Å². The summed E-state index contributed by atoms with van der Waals surface area (Å²) in [6.45, 7) is 4.83. The van der Waals surface area contributed by atoms with Crippen LogP contribution >= 0.6 is 11.6 Å². The van der Waals surface area contributed by atoms with Crippen molar-refractivity contribution in [3.05, 3.63) is 35.0 Å². The Labute approximate surface area is 143 Å². The second-order valence-electron chi connectivity index (χ2n) is 6.14. The van der Waals surface area contributed by atoms with E-state index in [2.05, 4.69) is 13.8 Å². The van der Waals surface area contributed by atoms with Crippen molar-refractivity contribution in [2.24, 2.45) is 5.92 Å². The first kappa shape index (κ1) is 18.0. The van der Waals surface area contributed by atoms with Crippen molar-refractivity contribution in [1.82, 2.24) is 4.57 Å². The van der Waals surface area contributed by atoms with Gasteiger partial charge in [0.15, 0.2) is 5.78 Å². The molecule has 0 amide bonds. The quantitative estimate of drug-likeness (QED) is 0.649. The fourth-order valence-electron chi connectivity index (χ4n) is 3.13. The van der Waals surface area contributed by atoms with Crippen LogP contribution in [-0.2, 0) is 6.54 Å². The molecule has 4 heteroatoms. The highest BCUT2D eigenvalue weighted by Gasteiger charge is 2.20. The zero-order chi connectivity index (χ0) is 16.8. The maximum absolute atomic E-state index is 12.8. The van der Waals surface area contributed by atoms with Crippen LogP contribution in [0.4, 0.5) is 0 Å². The second-order valence-corrected chi connectivity index (χ2v) is 6.54. The van der Waals surface area contributed by atoms with Gasteiger partial charge in [0.05, 0.1) is 17.1 Å². The molecule has 126 valence electrons. The maximum atomic E-state index is 12.8. The lowest BCUT2D eigenvalue weighted by Gasteiger charge is -2.13. The SMILES string of the molecule is CCCCC(CC)CC(=O)c1cn(CCO)c2cccc(Cl)c12. The van der Waals surface area contributed by atoms with E-state index in [0.29, 0.717) is 29.5 Å². The summed E-state index contributed by atoms with van der Waals surface area (Å²) in [5.74, 6) is 0.587. The topological polar surface area (TPSA) is 42.2 Å². The molecule has 0 spiro atoms. The molecule has 2 aromatic rings. The van der Waals surface area contributed by atoms with Gasteiger partial charge >= 0.3 is 0 Å². The lowest BCUT2D eigenvalue weighted by molar-refractivity contribution is 0.0958. The van der Waals surface area contributed by atoms with Gasteiger partial charge in [-0.05, 0) is 18.1 Å². The fraction of sp³-hybridized carbons (Fsp3) is 0.526. The van der Waals surface area contributed by atoms with Gasteiger partial charge in [-0.1, -0.05) is 57.2 Å². The van der Waals surface area contributed by atoms with Crippen molar-refractivity contribution >= 4 is 28.3 Å². The number of carbonyl (C=O) groups is 1. The Hall–Kier alpha value is -1.32. The molecule has 0 saturated carbocycles. The van der Waals surface area contributed by atoms with Gasteiger partial charge in [0, 0.05) is 30.1 Å². The number of hydrogen-bond acceptors (Lipinski definition) is 2. The van der Waals surface area contributed by atoms with E-state index in [1.165, 1.54) is 6.42 Å². The Morgan fingerprint density at radius 3 is 2.78 bits per heavy atom. The summed E-state index contributed by atoms with van der Waals surface area (Å²) in [5, 5.41) is 10.7. The molecule has 2 rings (SSSR count). The molecule has 1 N–H and O–H groups in total. The number of fused-ring (bicyclic) bond motifs is 1. The number of unbranched alkanes of at least 4 members (excludes halogenated alkanes) is 1. The summed E-state index contributed by atoms with van der Waals surface area (Å²) < 4.78 is 1.92. The number of benzene rings is 1. The van der Waals surface area contributed by atoms with Crippen molar-refractivity contribution in [2.75, 3.05) is 6.61 Å². The molecule has 0 radical (unpaired) electrons. The first-order valence-corrected chi connectivity index (χ1v) is 8.91. The van der Waals surface area contributed by atoms with Gasteiger partial charge in [-0.15, -0.1) is 0 Å². The van der Waals surface area contributed by atoms with E-state index in [1.54, 1.807) is 0 Å². The molecule has 0 aliphatic carbocycles. The zero-order valence-corrected chi connectivity index (χ0v) is 14.8. The molecule has 1 heterocycles. The van der Waals surface area contributed by atoms with Gasteiger partial charge in [0.25, 0.3) is 0 Å². The average molecular weight is 336 g/mol. The highest BCUT2D eigenvalue weighted by atomic mass is 35.5. The number of Topliss-reactive ketones (excluding diaryl/α,β-unsaturated/α-hetero) is 1. The zero-order valence-electron chi connectivity index (χ0n) is 14.0. The van der Waals surface area contributed by atoms with Crippen LogP contribution in [0.15, 0.2) is 24.4 Å². The summed E-state index contributed by atoms with van der Waals surface area (Å²) in [4.78, 5) is 12.8. The van der Waals surface area contributed by atoms with Crippen molar-refractivity contribution in [2.45, 2.75) is 52.5 Å². The van der Waals surface area contributed by atoms with Crippen molar-refractivity contribution < 1.29 is 9.90 Å². The standard InChI is InChI=1S/C19H26ClNO2/c1-3-5-7-14(4-2)12-18(23)15-13-21(10-11-22)17-9-6-8-16(20)19(15)17/h6,8-9,13-14,22H,3-5,7,10-12H2,1-2H3. The van der Waals surface area contributed by atoms with E-state index in [-0.39, 0.29) is 12.4 Å². The van der Waals surface area contributed by atoms with Gasteiger partial charge in [0.1, 0.15) is 0 Å². The number of ketones is 1. The smallest absolute Gasteiger partial charge is 0.165 e. The van der Waals surface area contributed by atoms with E-state index >= 15 is 0 Å². The molecule has 23 heavy (non-hydrogen) atoms. The molecule has 0 fully saturated rings. The second kappa shape index (κ2) is 8.51. The predicted octanol–water partition coefficient (Wildman–Crippen LogP) is 5.08. The van der Waals surface area contributed by atoms with Gasteiger partial charge < -0.3 is 9.67 Å². The van der Waals surface area contributed by atoms with E-state index in [1.807, 2.05) is 29.0 Å². The van der Waals surface area contributed by atoms with E-state index in [0.717, 1.165) is 30.2 Å². The third-order valence-corrected chi connectivity index (χ3v) is 4.83. The third kappa shape index (κ3) is 4.15. The summed E-state index contributed by atoms with van der Waals surface area (Å²) >= 11 is 6.35. The first-order chi connectivity index (χ1) is 11.1. The minimum absolute atomic E-state index is 0.0397. The van der Waals surface area contributed by atoms with Gasteiger partial charge in [-0.25, -0.2) is 0 Å². The molecule has 0 saturated heterocycles. The number of aromatic nitrogens is 1. The summed E-state index contributed by atoms with van der Waals surface area (Å²) in [7, 11) is 0. The van der Waals surface area contributed by atoms with Crippen LogP contribution in [0.2, 0.25) is 5.02 Å². The number of nitrogens with zero attached hydrogens (tertiary/aromatic N) is 1. The van der Waals surface area contributed by atoms with Crippen LogP contribution in [0, 0.1) is 5.92 Å². The molecular formula is C19H26ClNO2. The predicted molar refractivity (Wildman–Crippen MR) is 96.3 cm³/mol. The van der Waals surface area contributed by atoms with Crippen molar-refractivity contribution in [3.63, 3.8) is 0 Å². The fourth-order valence-corrected chi connectivity index (χ4v) is 3.40. The largest absolute Gasteiger partial charge is 0.395 e. The molecule has 1 aromatic heterocycles.